The summed E-state index contributed by atoms with van der Waals surface area (Å²) in [5.41, 5.74) is 0.985. The molecule has 0 amide bonds. The van der Waals surface area contributed by atoms with Gasteiger partial charge in [0, 0.05) is 4.47 Å². The predicted molar refractivity (Wildman–Crippen MR) is 70.2 cm³/mol. The highest BCUT2D eigenvalue weighted by Crippen LogP contribution is 2.23. The van der Waals surface area contributed by atoms with Crippen LogP contribution in [0, 0.1) is 0 Å². The molecule has 1 aromatic carbocycles. The zero-order valence-corrected chi connectivity index (χ0v) is 11.3. The Kier molecular flexibility index (Phi) is 5.77. The fourth-order valence-corrected chi connectivity index (χ4v) is 1.75. The van der Waals surface area contributed by atoms with Crippen LogP contribution in [0.15, 0.2) is 35.3 Å². The van der Waals surface area contributed by atoms with Crippen LogP contribution in [0.4, 0.5) is 0 Å². The topological polar surface area (TPSA) is 35.5 Å². The molecule has 17 heavy (non-hydrogen) atoms. The lowest BCUT2D eigenvalue weighted by Gasteiger charge is -2.10. The van der Waals surface area contributed by atoms with Crippen LogP contribution in [0.3, 0.4) is 0 Å². The van der Waals surface area contributed by atoms with Crippen LogP contribution in [0.2, 0.25) is 0 Å². The van der Waals surface area contributed by atoms with Gasteiger partial charge in [0.1, 0.15) is 5.75 Å². The number of allylic oxidation sites excluding steroid dienone is 1. The van der Waals surface area contributed by atoms with Crippen LogP contribution in [0.1, 0.15) is 12.5 Å². The number of carbonyl (C=O) groups excluding carboxylic acids is 1. The van der Waals surface area contributed by atoms with Crippen LogP contribution in [0.5, 0.6) is 5.75 Å². The Bertz CT molecular complexity index is 402. The molecule has 0 aliphatic carbocycles. The van der Waals surface area contributed by atoms with Crippen molar-refractivity contribution in [2.24, 2.45) is 0 Å². The van der Waals surface area contributed by atoms with Crippen molar-refractivity contribution in [2.45, 2.75) is 13.3 Å². The molecule has 3 nitrogen and oxygen atoms in total. The summed E-state index contributed by atoms with van der Waals surface area (Å²) >= 11 is 3.39. The van der Waals surface area contributed by atoms with Crippen molar-refractivity contribution in [3.8, 4) is 5.75 Å². The molecule has 0 heterocycles. The highest BCUT2D eigenvalue weighted by molar-refractivity contribution is 9.10. The molecule has 0 radical (unpaired) electrons. The molecule has 1 rings (SSSR count). The number of benzene rings is 1. The van der Waals surface area contributed by atoms with Gasteiger partial charge in [-0.2, -0.15) is 0 Å². The average molecular weight is 299 g/mol. The molecule has 0 saturated carbocycles. The Morgan fingerprint density at radius 2 is 2.29 bits per heavy atom. The van der Waals surface area contributed by atoms with E-state index in [2.05, 4.69) is 22.5 Å². The fraction of sp³-hybridized carbons (Fsp3) is 0.308. The van der Waals surface area contributed by atoms with Gasteiger partial charge in [-0.15, -0.1) is 6.58 Å². The van der Waals surface area contributed by atoms with E-state index in [-0.39, 0.29) is 12.6 Å². The highest BCUT2D eigenvalue weighted by Gasteiger charge is 2.07. The number of esters is 1. The van der Waals surface area contributed by atoms with Crippen LogP contribution >= 0.6 is 15.9 Å². The van der Waals surface area contributed by atoms with Gasteiger partial charge < -0.3 is 9.47 Å². The minimum atomic E-state index is -0.361. The van der Waals surface area contributed by atoms with Gasteiger partial charge in [-0.3, -0.25) is 0 Å². The second kappa shape index (κ2) is 7.12. The fourth-order valence-electron chi connectivity index (χ4n) is 1.34. The number of halogens is 1. The molecule has 0 aliphatic rings. The van der Waals surface area contributed by atoms with Gasteiger partial charge in [0.15, 0.2) is 6.61 Å². The molecule has 0 bridgehead atoms. The molecular formula is C13H15BrO3. The molecule has 4 heteroatoms. The van der Waals surface area contributed by atoms with Crippen LogP contribution < -0.4 is 4.74 Å². The molecular weight excluding hydrogens is 284 g/mol. The molecule has 0 aliphatic heterocycles. The van der Waals surface area contributed by atoms with E-state index in [4.69, 9.17) is 9.47 Å². The first-order valence-corrected chi connectivity index (χ1v) is 6.14. The molecule has 0 aromatic heterocycles. The molecule has 0 fully saturated rings. The maximum Gasteiger partial charge on any atom is 0.344 e. The first kappa shape index (κ1) is 13.8. The molecule has 0 atom stereocenters. The molecule has 1 aromatic rings. The first-order chi connectivity index (χ1) is 8.17. The van der Waals surface area contributed by atoms with Gasteiger partial charge >= 0.3 is 5.97 Å². The largest absolute Gasteiger partial charge is 0.482 e. The minimum Gasteiger partial charge on any atom is -0.482 e. The van der Waals surface area contributed by atoms with Crippen LogP contribution in [-0.2, 0) is 16.0 Å². The van der Waals surface area contributed by atoms with Crippen molar-refractivity contribution in [3.05, 3.63) is 40.9 Å². The van der Waals surface area contributed by atoms with E-state index < -0.39 is 0 Å². The number of rotatable bonds is 6. The Balaban J connectivity index is 2.69. The third-order valence-electron chi connectivity index (χ3n) is 2.04. The summed E-state index contributed by atoms with van der Waals surface area (Å²) in [5, 5.41) is 0. The van der Waals surface area contributed by atoms with E-state index in [1.165, 1.54) is 0 Å². The summed E-state index contributed by atoms with van der Waals surface area (Å²) in [4.78, 5) is 11.2. The van der Waals surface area contributed by atoms with E-state index in [9.17, 15) is 4.79 Å². The summed E-state index contributed by atoms with van der Waals surface area (Å²) in [6.45, 7) is 5.75. The van der Waals surface area contributed by atoms with Crippen LogP contribution in [0.25, 0.3) is 0 Å². The lowest BCUT2D eigenvalue weighted by atomic mass is 10.1. The first-order valence-electron chi connectivity index (χ1n) is 5.35. The Morgan fingerprint density at radius 1 is 1.53 bits per heavy atom. The predicted octanol–water partition coefficient (Wildman–Crippen LogP) is 3.12. The summed E-state index contributed by atoms with van der Waals surface area (Å²) in [6.07, 6.45) is 2.48. The van der Waals surface area contributed by atoms with E-state index >= 15 is 0 Å². The Morgan fingerprint density at radius 3 is 2.94 bits per heavy atom. The average Bonchev–Trinajstić information content (AvgIpc) is 2.29. The quantitative estimate of drug-likeness (QED) is 0.598. The normalized spacial score (nSPS) is 9.76. The molecule has 92 valence electrons. The van der Waals surface area contributed by atoms with Gasteiger partial charge in [0.25, 0.3) is 0 Å². The van der Waals surface area contributed by atoms with Crippen molar-refractivity contribution < 1.29 is 14.3 Å². The zero-order chi connectivity index (χ0) is 12.7. The minimum absolute atomic E-state index is 0.0698. The van der Waals surface area contributed by atoms with E-state index in [1.807, 2.05) is 18.2 Å². The monoisotopic (exact) mass is 298 g/mol. The van der Waals surface area contributed by atoms with Crippen molar-refractivity contribution in [3.63, 3.8) is 0 Å². The number of carbonyl (C=O) groups is 1. The lowest BCUT2D eigenvalue weighted by molar-refractivity contribution is -0.145. The standard InChI is InChI=1S/C13H15BrO3/c1-3-5-10-8-11(14)6-7-12(10)17-9-13(15)16-4-2/h3,6-8H,1,4-5,9H2,2H3. The third kappa shape index (κ3) is 4.61. The van der Waals surface area contributed by atoms with Crippen LogP contribution in [-0.4, -0.2) is 19.2 Å². The van der Waals surface area contributed by atoms with Crippen molar-refractivity contribution in [1.29, 1.82) is 0 Å². The smallest absolute Gasteiger partial charge is 0.344 e. The van der Waals surface area contributed by atoms with Gasteiger partial charge in [0.05, 0.1) is 6.61 Å². The maximum absolute atomic E-state index is 11.2. The zero-order valence-electron chi connectivity index (χ0n) is 9.74. The second-order valence-electron chi connectivity index (χ2n) is 3.34. The highest BCUT2D eigenvalue weighted by atomic mass is 79.9. The summed E-state index contributed by atoms with van der Waals surface area (Å²) < 4.78 is 11.2. The summed E-state index contributed by atoms with van der Waals surface area (Å²) in [7, 11) is 0. The second-order valence-corrected chi connectivity index (χ2v) is 4.25. The molecule has 0 N–H and O–H groups in total. The van der Waals surface area contributed by atoms with Crippen molar-refractivity contribution >= 4 is 21.9 Å². The van der Waals surface area contributed by atoms with E-state index in [1.54, 1.807) is 13.0 Å². The molecule has 0 unspecified atom stereocenters. The molecule has 0 saturated heterocycles. The maximum atomic E-state index is 11.2. The number of hydrogen-bond acceptors (Lipinski definition) is 3. The van der Waals surface area contributed by atoms with Gasteiger partial charge in [0.2, 0.25) is 0 Å². The Labute approximate surface area is 110 Å². The van der Waals surface area contributed by atoms with Gasteiger partial charge in [-0.1, -0.05) is 22.0 Å². The SMILES string of the molecule is C=CCc1cc(Br)ccc1OCC(=O)OCC. The Hall–Kier alpha value is -1.29. The van der Waals surface area contributed by atoms with E-state index in [0.29, 0.717) is 18.8 Å². The third-order valence-corrected chi connectivity index (χ3v) is 2.53. The van der Waals surface area contributed by atoms with Gasteiger partial charge in [-0.25, -0.2) is 4.79 Å². The number of ether oxygens (including phenoxy) is 2. The van der Waals surface area contributed by atoms with Crippen molar-refractivity contribution in [2.75, 3.05) is 13.2 Å². The summed E-state index contributed by atoms with van der Waals surface area (Å²) in [5.74, 6) is 0.320. The van der Waals surface area contributed by atoms with E-state index in [0.717, 1.165) is 10.0 Å². The van der Waals surface area contributed by atoms with Gasteiger partial charge in [-0.05, 0) is 37.1 Å². The lowest BCUT2D eigenvalue weighted by Crippen LogP contribution is -2.15. The summed E-state index contributed by atoms with van der Waals surface area (Å²) in [6, 6.07) is 5.64. The van der Waals surface area contributed by atoms with Crippen molar-refractivity contribution in [1.82, 2.24) is 0 Å². The molecule has 0 spiro atoms. The number of hydrogen-bond donors (Lipinski definition) is 0.